The number of thiophene rings is 1. The van der Waals surface area contributed by atoms with Crippen molar-refractivity contribution in [3.63, 3.8) is 0 Å². The van der Waals surface area contributed by atoms with E-state index in [1.807, 2.05) is 30.3 Å². The van der Waals surface area contributed by atoms with Crippen molar-refractivity contribution in [3.05, 3.63) is 59.7 Å². The van der Waals surface area contributed by atoms with Gasteiger partial charge in [-0.25, -0.2) is 0 Å². The highest BCUT2D eigenvalue weighted by atomic mass is 32.1. The summed E-state index contributed by atoms with van der Waals surface area (Å²) in [4.78, 5) is 29.2. The third-order valence-corrected chi connectivity index (χ3v) is 7.83. The van der Waals surface area contributed by atoms with Crippen molar-refractivity contribution >= 4 is 53.8 Å². The molecule has 4 nitrogen and oxygen atoms in total. The summed E-state index contributed by atoms with van der Waals surface area (Å²) < 4.78 is 2.38. The highest BCUT2D eigenvalue weighted by molar-refractivity contribution is 7.26. The van der Waals surface area contributed by atoms with Crippen LogP contribution in [0, 0.1) is 5.92 Å². The minimum atomic E-state index is -0.569. The lowest BCUT2D eigenvalue weighted by atomic mass is 9.78. The Bertz CT molecular complexity index is 1330. The van der Waals surface area contributed by atoms with Gasteiger partial charge >= 0.3 is 0 Å². The fourth-order valence-electron chi connectivity index (χ4n) is 5.06. The molecular formula is C25H22N2O2S. The molecule has 0 saturated carbocycles. The van der Waals surface area contributed by atoms with Crippen LogP contribution in [0.4, 0.5) is 0 Å². The number of piperazine rings is 1. The Labute approximate surface area is 178 Å². The number of carbonyl (C=O) groups is 2. The first-order valence-electron chi connectivity index (χ1n) is 10.6. The monoisotopic (exact) mass is 414 g/mol. The maximum absolute atomic E-state index is 13.5. The van der Waals surface area contributed by atoms with Crippen molar-refractivity contribution in [1.29, 1.82) is 0 Å². The topological polar surface area (TPSA) is 49.4 Å². The molecule has 2 heterocycles. The summed E-state index contributed by atoms with van der Waals surface area (Å²) in [7, 11) is 0. The summed E-state index contributed by atoms with van der Waals surface area (Å²) in [6.07, 6.45) is 0.593. The molecule has 30 heavy (non-hydrogen) atoms. The van der Waals surface area contributed by atoms with Crippen LogP contribution in [0.3, 0.4) is 0 Å². The van der Waals surface area contributed by atoms with Gasteiger partial charge in [-0.2, -0.15) is 0 Å². The second-order valence-corrected chi connectivity index (χ2v) is 9.34. The van der Waals surface area contributed by atoms with Crippen LogP contribution in [0.1, 0.15) is 27.1 Å². The predicted octanol–water partition coefficient (Wildman–Crippen LogP) is 4.50. The molecule has 1 saturated heterocycles. The fourth-order valence-corrected chi connectivity index (χ4v) is 6.27. The molecule has 0 amide bonds. The number of fused-ring (bicyclic) bond motifs is 4. The normalized spacial score (nSPS) is 19.9. The minimum Gasteiger partial charge on any atom is -0.314 e. The molecule has 1 aromatic heterocycles. The molecule has 1 N–H and O–H groups in total. The lowest BCUT2D eigenvalue weighted by molar-refractivity contribution is 0.0780. The molecule has 1 aliphatic carbocycles. The van der Waals surface area contributed by atoms with E-state index in [0.29, 0.717) is 12.0 Å². The lowest BCUT2D eigenvalue weighted by Gasteiger charge is -2.29. The molecule has 3 aromatic carbocycles. The van der Waals surface area contributed by atoms with Gasteiger partial charge in [-0.15, -0.1) is 11.3 Å². The van der Waals surface area contributed by atoms with Crippen molar-refractivity contribution in [2.45, 2.75) is 6.42 Å². The van der Waals surface area contributed by atoms with Crippen LogP contribution in [-0.4, -0.2) is 49.2 Å². The van der Waals surface area contributed by atoms with Gasteiger partial charge in [-0.1, -0.05) is 36.4 Å². The van der Waals surface area contributed by atoms with Gasteiger partial charge in [0.1, 0.15) is 0 Å². The van der Waals surface area contributed by atoms with Crippen LogP contribution in [-0.2, 0) is 0 Å². The molecule has 1 fully saturated rings. The first-order chi connectivity index (χ1) is 14.7. The molecular weight excluding hydrogens is 392 g/mol. The van der Waals surface area contributed by atoms with Crippen molar-refractivity contribution in [2.75, 3.05) is 32.7 Å². The van der Waals surface area contributed by atoms with Crippen molar-refractivity contribution in [1.82, 2.24) is 10.2 Å². The number of carbonyl (C=O) groups excluding carboxylic acids is 2. The first-order valence-corrected chi connectivity index (χ1v) is 11.4. The molecule has 5 heteroatoms. The van der Waals surface area contributed by atoms with Gasteiger partial charge in [-0.3, -0.25) is 9.59 Å². The highest BCUT2D eigenvalue weighted by Gasteiger charge is 2.36. The number of hydrogen-bond donors (Lipinski definition) is 1. The number of ketones is 2. The van der Waals surface area contributed by atoms with E-state index in [2.05, 4.69) is 28.4 Å². The Morgan fingerprint density at radius 2 is 1.67 bits per heavy atom. The molecule has 1 unspecified atom stereocenters. The molecule has 6 rings (SSSR count). The van der Waals surface area contributed by atoms with Crippen molar-refractivity contribution in [2.24, 2.45) is 5.92 Å². The number of hydrogen-bond acceptors (Lipinski definition) is 5. The Kier molecular flexibility index (Phi) is 4.23. The maximum atomic E-state index is 13.5. The second kappa shape index (κ2) is 6.98. The van der Waals surface area contributed by atoms with E-state index >= 15 is 0 Å². The van der Waals surface area contributed by atoms with Crippen LogP contribution in [0.25, 0.3) is 30.9 Å². The quantitative estimate of drug-likeness (QED) is 0.502. The average Bonchev–Trinajstić information content (AvgIpc) is 3.17. The van der Waals surface area contributed by atoms with E-state index in [0.717, 1.165) is 59.1 Å². The Balaban J connectivity index is 1.49. The van der Waals surface area contributed by atoms with Crippen molar-refractivity contribution < 1.29 is 9.59 Å². The van der Waals surface area contributed by atoms with Gasteiger partial charge in [0, 0.05) is 68.3 Å². The van der Waals surface area contributed by atoms with Crippen molar-refractivity contribution in [3.8, 4) is 0 Å². The average molecular weight is 415 g/mol. The first kappa shape index (κ1) is 18.2. The van der Waals surface area contributed by atoms with Gasteiger partial charge in [0.25, 0.3) is 0 Å². The zero-order chi connectivity index (χ0) is 20.2. The molecule has 0 bridgehead atoms. The number of Topliss-reactive ketones (excluding diaryl/α,β-unsaturated/α-hetero) is 2. The van der Waals surface area contributed by atoms with E-state index in [4.69, 9.17) is 0 Å². The van der Waals surface area contributed by atoms with Crippen LogP contribution < -0.4 is 5.32 Å². The smallest absolute Gasteiger partial charge is 0.174 e. The highest BCUT2D eigenvalue weighted by Crippen LogP contribution is 2.43. The zero-order valence-electron chi connectivity index (χ0n) is 16.6. The van der Waals surface area contributed by atoms with Gasteiger partial charge in [0.15, 0.2) is 11.6 Å². The maximum Gasteiger partial charge on any atom is 0.174 e. The van der Waals surface area contributed by atoms with Crippen LogP contribution in [0.15, 0.2) is 48.5 Å². The SMILES string of the molecule is O=C1c2cccc3c2c(cc2c4ccccc4sc32)C(=O)C1CCN1CCNCC1. The zero-order valence-corrected chi connectivity index (χ0v) is 17.4. The van der Waals surface area contributed by atoms with Crippen LogP contribution in [0.2, 0.25) is 0 Å². The van der Waals surface area contributed by atoms with Gasteiger partial charge in [-0.05, 0) is 25.1 Å². The van der Waals surface area contributed by atoms with E-state index in [1.165, 1.54) is 10.1 Å². The molecule has 1 atom stereocenters. The molecule has 1 aliphatic heterocycles. The van der Waals surface area contributed by atoms with E-state index in [9.17, 15) is 9.59 Å². The standard InChI is InChI=1S/C25H22N2O2S/c28-23-16-5-3-6-17-22(16)20(14-19-15-4-1-2-7-21(15)30-25(17)19)24(29)18(23)8-11-27-12-9-26-10-13-27/h1-7,14,18,26H,8-13H2. The summed E-state index contributed by atoms with van der Waals surface area (Å²) in [6.45, 7) is 4.68. The summed E-state index contributed by atoms with van der Waals surface area (Å²) in [5, 5.41) is 7.54. The minimum absolute atomic E-state index is 0.00369. The van der Waals surface area contributed by atoms with Crippen LogP contribution >= 0.6 is 11.3 Å². The van der Waals surface area contributed by atoms with Gasteiger partial charge in [0.2, 0.25) is 0 Å². The molecule has 2 aliphatic rings. The third-order valence-electron chi connectivity index (χ3n) is 6.61. The van der Waals surface area contributed by atoms with E-state index < -0.39 is 5.92 Å². The molecule has 0 spiro atoms. The number of benzene rings is 3. The lowest BCUT2D eigenvalue weighted by Crippen LogP contribution is -2.44. The summed E-state index contributed by atoms with van der Waals surface area (Å²) in [6, 6.07) is 16.3. The van der Waals surface area contributed by atoms with Crippen LogP contribution in [0.5, 0.6) is 0 Å². The number of rotatable bonds is 3. The Hall–Kier alpha value is -2.60. The predicted molar refractivity (Wildman–Crippen MR) is 123 cm³/mol. The summed E-state index contributed by atoms with van der Waals surface area (Å²) >= 11 is 1.74. The number of nitrogens with zero attached hydrogens (tertiary/aromatic N) is 1. The number of nitrogens with one attached hydrogen (secondary N) is 1. The van der Waals surface area contributed by atoms with E-state index in [-0.39, 0.29) is 11.6 Å². The van der Waals surface area contributed by atoms with Gasteiger partial charge in [0.05, 0.1) is 5.92 Å². The fraction of sp³-hybridized carbons (Fsp3) is 0.280. The largest absolute Gasteiger partial charge is 0.314 e. The summed E-state index contributed by atoms with van der Waals surface area (Å²) in [5.41, 5.74) is 1.44. The second-order valence-electron chi connectivity index (χ2n) is 8.29. The molecule has 0 radical (unpaired) electrons. The Morgan fingerprint density at radius 1 is 0.900 bits per heavy atom. The third kappa shape index (κ3) is 2.66. The molecule has 4 aromatic rings. The Morgan fingerprint density at radius 3 is 2.53 bits per heavy atom. The van der Waals surface area contributed by atoms with Gasteiger partial charge < -0.3 is 10.2 Å². The molecule has 150 valence electrons. The summed E-state index contributed by atoms with van der Waals surface area (Å²) in [5.74, 6) is -0.579. The van der Waals surface area contributed by atoms with E-state index in [1.54, 1.807) is 11.3 Å².